The van der Waals surface area contributed by atoms with Gasteiger partial charge in [-0.15, -0.1) is 0 Å². The lowest BCUT2D eigenvalue weighted by Gasteiger charge is -2.02. The second kappa shape index (κ2) is 5.67. The highest BCUT2D eigenvalue weighted by Gasteiger charge is 2.10. The summed E-state index contributed by atoms with van der Waals surface area (Å²) in [7, 11) is 1.81. The molecule has 1 aromatic heterocycles. The fourth-order valence-corrected chi connectivity index (χ4v) is 1.91. The molecule has 0 saturated carbocycles. The molecular weight excluding hydrogens is 240 g/mol. The van der Waals surface area contributed by atoms with E-state index >= 15 is 0 Å². The molecule has 100 valence electrons. The molecule has 5 heteroatoms. The highest BCUT2D eigenvalue weighted by molar-refractivity contribution is 5.90. The quantitative estimate of drug-likeness (QED) is 0.876. The lowest BCUT2D eigenvalue weighted by Crippen LogP contribution is -2.17. The second-order valence-corrected chi connectivity index (χ2v) is 4.44. The molecule has 1 amide bonds. The molecule has 5 nitrogen and oxygen atoms in total. The van der Waals surface area contributed by atoms with Crippen LogP contribution >= 0.6 is 0 Å². The molecule has 0 aliphatic carbocycles. The van der Waals surface area contributed by atoms with E-state index in [1.807, 2.05) is 37.3 Å². The van der Waals surface area contributed by atoms with Crippen molar-refractivity contribution in [2.24, 2.45) is 12.8 Å². The van der Waals surface area contributed by atoms with Crippen LogP contribution in [-0.2, 0) is 11.8 Å². The Morgan fingerprint density at radius 3 is 2.84 bits per heavy atom. The summed E-state index contributed by atoms with van der Waals surface area (Å²) < 4.78 is 1.66. The summed E-state index contributed by atoms with van der Waals surface area (Å²) in [6, 6.07) is 9.89. The summed E-state index contributed by atoms with van der Waals surface area (Å²) in [5, 5.41) is 7.23. The number of hydrogen-bond donors (Lipinski definition) is 2. The van der Waals surface area contributed by atoms with Crippen LogP contribution in [0, 0.1) is 6.92 Å². The van der Waals surface area contributed by atoms with Crippen molar-refractivity contribution in [3.8, 4) is 11.3 Å². The van der Waals surface area contributed by atoms with Crippen LogP contribution in [0.15, 0.2) is 30.3 Å². The van der Waals surface area contributed by atoms with E-state index in [0.29, 0.717) is 18.8 Å². The highest BCUT2D eigenvalue weighted by Crippen LogP contribution is 2.24. The van der Waals surface area contributed by atoms with Gasteiger partial charge in [0.1, 0.15) is 5.82 Å². The molecular formula is C14H18N4O. The Hall–Kier alpha value is -2.14. The fourth-order valence-electron chi connectivity index (χ4n) is 1.91. The van der Waals surface area contributed by atoms with Crippen molar-refractivity contribution < 1.29 is 4.79 Å². The van der Waals surface area contributed by atoms with E-state index in [1.54, 1.807) is 11.7 Å². The van der Waals surface area contributed by atoms with E-state index in [1.165, 1.54) is 0 Å². The minimum atomic E-state index is -0.0955. The monoisotopic (exact) mass is 258 g/mol. The third kappa shape index (κ3) is 3.00. The van der Waals surface area contributed by atoms with Crippen LogP contribution in [0.1, 0.15) is 12.0 Å². The van der Waals surface area contributed by atoms with Crippen LogP contribution in [0.4, 0.5) is 5.82 Å². The van der Waals surface area contributed by atoms with Gasteiger partial charge in [0.2, 0.25) is 5.91 Å². The largest absolute Gasteiger partial charge is 0.330 e. The van der Waals surface area contributed by atoms with Crippen molar-refractivity contribution in [3.63, 3.8) is 0 Å². The highest BCUT2D eigenvalue weighted by atomic mass is 16.1. The number of amides is 1. The van der Waals surface area contributed by atoms with Gasteiger partial charge in [0, 0.05) is 31.6 Å². The minimum absolute atomic E-state index is 0.0955. The molecule has 2 rings (SSSR count). The van der Waals surface area contributed by atoms with E-state index in [9.17, 15) is 4.79 Å². The van der Waals surface area contributed by atoms with Crippen LogP contribution in [0.2, 0.25) is 0 Å². The first-order chi connectivity index (χ1) is 9.11. The number of benzene rings is 1. The van der Waals surface area contributed by atoms with Gasteiger partial charge in [0.05, 0.1) is 5.69 Å². The van der Waals surface area contributed by atoms with Gasteiger partial charge in [-0.05, 0) is 12.5 Å². The van der Waals surface area contributed by atoms with E-state index in [4.69, 9.17) is 5.73 Å². The Balaban J connectivity index is 2.26. The maximum Gasteiger partial charge on any atom is 0.226 e. The van der Waals surface area contributed by atoms with Gasteiger partial charge in [-0.3, -0.25) is 9.48 Å². The molecule has 0 saturated heterocycles. The second-order valence-electron chi connectivity index (χ2n) is 4.44. The molecule has 0 fully saturated rings. The van der Waals surface area contributed by atoms with E-state index in [0.717, 1.165) is 16.8 Å². The van der Waals surface area contributed by atoms with Gasteiger partial charge in [0.15, 0.2) is 0 Å². The Labute approximate surface area is 112 Å². The lowest BCUT2D eigenvalue weighted by molar-refractivity contribution is -0.116. The number of nitrogens with zero attached hydrogens (tertiary/aromatic N) is 2. The average Bonchev–Trinajstić information content (AvgIpc) is 2.71. The molecule has 3 N–H and O–H groups in total. The molecule has 1 aromatic carbocycles. The van der Waals surface area contributed by atoms with Crippen molar-refractivity contribution >= 4 is 11.7 Å². The van der Waals surface area contributed by atoms with E-state index in [2.05, 4.69) is 10.4 Å². The first kappa shape index (κ1) is 13.3. The standard InChI is InChI=1S/C14H18N4O/c1-10-5-3-4-6-11(10)12-9-13(18(2)17-12)16-14(19)7-8-15/h3-6,9H,7-8,15H2,1-2H3,(H,16,19). The van der Waals surface area contributed by atoms with Gasteiger partial charge in [-0.1, -0.05) is 24.3 Å². The maximum atomic E-state index is 11.5. The summed E-state index contributed by atoms with van der Waals surface area (Å²) >= 11 is 0. The predicted molar refractivity (Wildman–Crippen MR) is 75.7 cm³/mol. The molecule has 2 aromatic rings. The number of carbonyl (C=O) groups is 1. The van der Waals surface area contributed by atoms with Crippen LogP contribution in [0.25, 0.3) is 11.3 Å². The van der Waals surface area contributed by atoms with E-state index < -0.39 is 0 Å². The molecule has 0 unspecified atom stereocenters. The fraction of sp³-hybridized carbons (Fsp3) is 0.286. The van der Waals surface area contributed by atoms with Crippen molar-refractivity contribution in [1.29, 1.82) is 0 Å². The van der Waals surface area contributed by atoms with Gasteiger partial charge < -0.3 is 11.1 Å². The Morgan fingerprint density at radius 2 is 2.16 bits per heavy atom. The van der Waals surface area contributed by atoms with Gasteiger partial charge in [0.25, 0.3) is 0 Å². The van der Waals surface area contributed by atoms with Crippen LogP contribution < -0.4 is 11.1 Å². The molecule has 0 aliphatic rings. The number of carbonyl (C=O) groups excluding carboxylic acids is 1. The average molecular weight is 258 g/mol. The predicted octanol–water partition coefficient (Wildman–Crippen LogP) is 1.68. The molecule has 0 spiro atoms. The number of rotatable bonds is 4. The smallest absolute Gasteiger partial charge is 0.226 e. The van der Waals surface area contributed by atoms with Crippen LogP contribution in [0.3, 0.4) is 0 Å². The zero-order valence-electron chi connectivity index (χ0n) is 11.2. The summed E-state index contributed by atoms with van der Waals surface area (Å²) in [4.78, 5) is 11.5. The molecule has 1 heterocycles. The SMILES string of the molecule is Cc1ccccc1-c1cc(NC(=O)CCN)n(C)n1. The van der Waals surface area contributed by atoms with E-state index in [-0.39, 0.29) is 5.91 Å². The number of hydrogen-bond acceptors (Lipinski definition) is 3. The Morgan fingerprint density at radius 1 is 1.42 bits per heavy atom. The number of aromatic nitrogens is 2. The van der Waals surface area contributed by atoms with Crippen molar-refractivity contribution in [2.45, 2.75) is 13.3 Å². The number of nitrogens with two attached hydrogens (primary N) is 1. The van der Waals surface area contributed by atoms with Gasteiger partial charge in [-0.2, -0.15) is 5.10 Å². The first-order valence-corrected chi connectivity index (χ1v) is 6.22. The number of anilines is 1. The topological polar surface area (TPSA) is 72.9 Å². The zero-order chi connectivity index (χ0) is 13.8. The maximum absolute atomic E-state index is 11.5. The summed E-state index contributed by atoms with van der Waals surface area (Å²) in [5.74, 6) is 0.582. The van der Waals surface area contributed by atoms with Gasteiger partial charge >= 0.3 is 0 Å². The molecule has 0 bridgehead atoms. The van der Waals surface area contributed by atoms with Crippen molar-refractivity contribution in [2.75, 3.05) is 11.9 Å². The summed E-state index contributed by atoms with van der Waals surface area (Å²) in [6.07, 6.45) is 0.310. The molecule has 0 radical (unpaired) electrons. The Bertz CT molecular complexity index is 589. The third-order valence-corrected chi connectivity index (χ3v) is 2.94. The van der Waals surface area contributed by atoms with Gasteiger partial charge in [-0.25, -0.2) is 0 Å². The third-order valence-electron chi connectivity index (χ3n) is 2.94. The molecule has 0 aliphatic heterocycles. The van der Waals surface area contributed by atoms with Crippen LogP contribution in [-0.4, -0.2) is 22.2 Å². The molecule has 0 atom stereocenters. The minimum Gasteiger partial charge on any atom is -0.330 e. The normalized spacial score (nSPS) is 10.5. The van der Waals surface area contributed by atoms with Crippen molar-refractivity contribution in [3.05, 3.63) is 35.9 Å². The molecule has 19 heavy (non-hydrogen) atoms. The first-order valence-electron chi connectivity index (χ1n) is 6.22. The number of nitrogens with one attached hydrogen (secondary N) is 1. The van der Waals surface area contributed by atoms with Crippen LogP contribution in [0.5, 0.6) is 0 Å². The lowest BCUT2D eigenvalue weighted by atomic mass is 10.1. The van der Waals surface area contributed by atoms with Crippen molar-refractivity contribution in [1.82, 2.24) is 9.78 Å². The number of aryl methyl sites for hydroxylation is 2. The summed E-state index contributed by atoms with van der Waals surface area (Å²) in [6.45, 7) is 2.38. The Kier molecular flexibility index (Phi) is 3.97. The zero-order valence-corrected chi connectivity index (χ0v) is 11.2. The summed E-state index contributed by atoms with van der Waals surface area (Å²) in [5.41, 5.74) is 8.42.